The number of rotatable bonds is 6. The number of aryl methyl sites for hydroxylation is 2. The number of benzene rings is 1. The zero-order chi connectivity index (χ0) is 17.9. The van der Waals surface area contributed by atoms with Gasteiger partial charge >= 0.3 is 0 Å². The van der Waals surface area contributed by atoms with Crippen LogP contribution in [0.5, 0.6) is 5.75 Å². The fourth-order valence-corrected chi connectivity index (χ4v) is 3.01. The first-order valence-corrected chi connectivity index (χ1v) is 8.20. The summed E-state index contributed by atoms with van der Waals surface area (Å²) >= 11 is 0. The highest BCUT2D eigenvalue weighted by molar-refractivity contribution is 5.78. The lowest BCUT2D eigenvalue weighted by Gasteiger charge is -2.22. The third kappa shape index (κ3) is 3.96. The fraction of sp³-hybridized carbons (Fsp3) is 0.474. The van der Waals surface area contributed by atoms with Crippen molar-refractivity contribution in [2.45, 2.75) is 33.7 Å². The number of methoxy groups -OCH3 is 1. The molecule has 24 heavy (non-hydrogen) atoms. The quantitative estimate of drug-likeness (QED) is 0.819. The molecule has 1 amide bonds. The van der Waals surface area contributed by atoms with Crippen molar-refractivity contribution in [1.82, 2.24) is 14.7 Å². The first-order valence-electron chi connectivity index (χ1n) is 8.20. The minimum atomic E-state index is -0.0813. The predicted octanol–water partition coefficient (Wildman–Crippen LogP) is 2.88. The number of hydrogen-bond donors (Lipinski definition) is 0. The molecule has 1 atom stereocenters. The van der Waals surface area contributed by atoms with E-state index < -0.39 is 0 Å². The molecule has 0 N–H and O–H groups in total. The highest BCUT2D eigenvalue weighted by Gasteiger charge is 2.21. The average molecular weight is 329 g/mol. The lowest BCUT2D eigenvalue weighted by Crippen LogP contribution is -2.32. The van der Waals surface area contributed by atoms with Crippen molar-refractivity contribution in [3.05, 3.63) is 46.8 Å². The van der Waals surface area contributed by atoms with Crippen molar-refractivity contribution in [2.24, 2.45) is 13.0 Å². The van der Waals surface area contributed by atoms with Crippen LogP contribution in [0.4, 0.5) is 0 Å². The van der Waals surface area contributed by atoms with Gasteiger partial charge in [0.05, 0.1) is 12.8 Å². The molecule has 1 aromatic heterocycles. The summed E-state index contributed by atoms with van der Waals surface area (Å²) in [6.45, 7) is 6.60. The van der Waals surface area contributed by atoms with Gasteiger partial charge in [-0.25, -0.2) is 0 Å². The fourth-order valence-electron chi connectivity index (χ4n) is 3.01. The van der Waals surface area contributed by atoms with E-state index in [-0.39, 0.29) is 11.8 Å². The molecule has 5 heteroatoms. The molecule has 0 aliphatic heterocycles. The molecular formula is C19H27N3O2. The van der Waals surface area contributed by atoms with E-state index in [0.717, 1.165) is 22.7 Å². The second-order valence-electron chi connectivity index (χ2n) is 6.42. The van der Waals surface area contributed by atoms with Crippen molar-refractivity contribution in [1.29, 1.82) is 0 Å². The topological polar surface area (TPSA) is 47.4 Å². The smallest absolute Gasteiger partial charge is 0.225 e. The van der Waals surface area contributed by atoms with Crippen molar-refractivity contribution < 1.29 is 9.53 Å². The van der Waals surface area contributed by atoms with Gasteiger partial charge in [0.15, 0.2) is 0 Å². The van der Waals surface area contributed by atoms with Crippen LogP contribution in [0.3, 0.4) is 0 Å². The monoisotopic (exact) mass is 329 g/mol. The summed E-state index contributed by atoms with van der Waals surface area (Å²) in [5.41, 5.74) is 4.37. The summed E-state index contributed by atoms with van der Waals surface area (Å²) in [4.78, 5) is 14.5. The number of hydrogen-bond acceptors (Lipinski definition) is 3. The van der Waals surface area contributed by atoms with Crippen LogP contribution in [-0.4, -0.2) is 34.7 Å². The lowest BCUT2D eigenvalue weighted by molar-refractivity contribution is -0.134. The summed E-state index contributed by atoms with van der Waals surface area (Å²) < 4.78 is 7.12. The Kier molecular flexibility index (Phi) is 5.65. The van der Waals surface area contributed by atoms with E-state index >= 15 is 0 Å². The van der Waals surface area contributed by atoms with E-state index in [0.29, 0.717) is 13.0 Å². The van der Waals surface area contributed by atoms with Gasteiger partial charge in [0.2, 0.25) is 5.91 Å². The summed E-state index contributed by atoms with van der Waals surface area (Å²) in [6, 6.07) is 7.82. The third-order valence-corrected chi connectivity index (χ3v) is 4.52. The minimum Gasteiger partial charge on any atom is -0.497 e. The average Bonchev–Trinajstić information content (AvgIpc) is 2.80. The molecule has 0 unspecified atom stereocenters. The molecule has 2 rings (SSSR count). The summed E-state index contributed by atoms with van der Waals surface area (Å²) in [5.74, 6) is 0.866. The molecule has 5 nitrogen and oxygen atoms in total. The van der Waals surface area contributed by atoms with E-state index in [4.69, 9.17) is 4.74 Å². The summed E-state index contributed by atoms with van der Waals surface area (Å²) in [7, 11) is 5.43. The van der Waals surface area contributed by atoms with Gasteiger partial charge in [-0.3, -0.25) is 9.48 Å². The SMILES string of the molecule is COc1cccc(CN(C)C(=O)[C@@H](C)Cc2c(C)nn(C)c2C)c1. The second kappa shape index (κ2) is 7.51. The van der Waals surface area contributed by atoms with Crippen molar-refractivity contribution >= 4 is 5.91 Å². The molecule has 0 aliphatic rings. The Bertz CT molecular complexity index is 721. The highest BCUT2D eigenvalue weighted by Crippen LogP contribution is 2.19. The van der Waals surface area contributed by atoms with E-state index in [1.54, 1.807) is 12.0 Å². The first kappa shape index (κ1) is 18.0. The third-order valence-electron chi connectivity index (χ3n) is 4.52. The zero-order valence-electron chi connectivity index (χ0n) is 15.5. The summed E-state index contributed by atoms with van der Waals surface area (Å²) in [6.07, 6.45) is 0.715. The minimum absolute atomic E-state index is 0.0813. The van der Waals surface area contributed by atoms with Gasteiger partial charge in [-0.1, -0.05) is 19.1 Å². The molecule has 0 aliphatic carbocycles. The second-order valence-corrected chi connectivity index (χ2v) is 6.42. The van der Waals surface area contributed by atoms with Crippen LogP contribution in [0, 0.1) is 19.8 Å². The van der Waals surface area contributed by atoms with Gasteiger partial charge in [0, 0.05) is 32.3 Å². The molecule has 0 spiro atoms. The normalized spacial score (nSPS) is 12.1. The Hall–Kier alpha value is -2.30. The van der Waals surface area contributed by atoms with Gasteiger partial charge < -0.3 is 9.64 Å². The van der Waals surface area contributed by atoms with Crippen LogP contribution in [0.15, 0.2) is 24.3 Å². The molecule has 0 bridgehead atoms. The number of aromatic nitrogens is 2. The Morgan fingerprint density at radius 1 is 1.38 bits per heavy atom. The van der Waals surface area contributed by atoms with Gasteiger partial charge in [-0.15, -0.1) is 0 Å². The molecule has 0 fully saturated rings. The first-order chi connectivity index (χ1) is 11.3. The predicted molar refractivity (Wildman–Crippen MR) is 95.0 cm³/mol. The molecule has 1 aromatic carbocycles. The van der Waals surface area contributed by atoms with Crippen molar-refractivity contribution in [3.8, 4) is 5.75 Å². The molecule has 2 aromatic rings. The Morgan fingerprint density at radius 2 is 2.08 bits per heavy atom. The maximum Gasteiger partial charge on any atom is 0.225 e. The van der Waals surface area contributed by atoms with E-state index in [9.17, 15) is 4.79 Å². The lowest BCUT2D eigenvalue weighted by atomic mass is 9.98. The highest BCUT2D eigenvalue weighted by atomic mass is 16.5. The zero-order valence-corrected chi connectivity index (χ0v) is 15.5. The van der Waals surface area contributed by atoms with Crippen molar-refractivity contribution in [3.63, 3.8) is 0 Å². The van der Waals surface area contributed by atoms with Crippen molar-refractivity contribution in [2.75, 3.05) is 14.2 Å². The van der Waals surface area contributed by atoms with Crippen LogP contribution < -0.4 is 4.74 Å². The van der Waals surface area contributed by atoms with Crippen LogP contribution in [-0.2, 0) is 24.8 Å². The maximum absolute atomic E-state index is 12.7. The van der Waals surface area contributed by atoms with Gasteiger partial charge in [0.1, 0.15) is 5.75 Å². The van der Waals surface area contributed by atoms with Gasteiger partial charge in [-0.2, -0.15) is 5.10 Å². The molecule has 1 heterocycles. The molecular weight excluding hydrogens is 302 g/mol. The van der Waals surface area contributed by atoms with Gasteiger partial charge in [-0.05, 0) is 43.5 Å². The molecule has 0 saturated carbocycles. The number of ether oxygens (including phenoxy) is 1. The van der Waals surface area contributed by atoms with Crippen LogP contribution in [0.25, 0.3) is 0 Å². The van der Waals surface area contributed by atoms with Crippen LogP contribution >= 0.6 is 0 Å². The largest absolute Gasteiger partial charge is 0.497 e. The molecule has 130 valence electrons. The number of amides is 1. The van der Waals surface area contributed by atoms with Crippen LogP contribution in [0.1, 0.15) is 29.4 Å². The number of carbonyl (C=O) groups excluding carboxylic acids is 1. The molecule has 0 radical (unpaired) electrons. The standard InChI is InChI=1S/C19H27N3O2/c1-13(10-18-14(2)20-22(5)15(18)3)19(23)21(4)12-16-8-7-9-17(11-16)24-6/h7-9,11,13H,10,12H2,1-6H3/t13-/m0/s1. The Balaban J connectivity index is 2.04. The van der Waals surface area contributed by atoms with Gasteiger partial charge in [0.25, 0.3) is 0 Å². The molecule has 0 saturated heterocycles. The van der Waals surface area contributed by atoms with Crippen LogP contribution in [0.2, 0.25) is 0 Å². The maximum atomic E-state index is 12.7. The Morgan fingerprint density at radius 3 is 2.67 bits per heavy atom. The number of nitrogens with zero attached hydrogens (tertiary/aromatic N) is 3. The number of carbonyl (C=O) groups is 1. The van der Waals surface area contributed by atoms with E-state index in [2.05, 4.69) is 5.10 Å². The van der Waals surface area contributed by atoms with E-state index in [1.807, 2.05) is 63.8 Å². The Labute approximate surface area is 144 Å². The van der Waals surface area contributed by atoms with E-state index in [1.165, 1.54) is 5.56 Å². The summed E-state index contributed by atoms with van der Waals surface area (Å²) in [5, 5.41) is 4.43.